The third-order valence-corrected chi connectivity index (χ3v) is 2.46. The van der Waals surface area contributed by atoms with E-state index in [4.69, 9.17) is 0 Å². The molecule has 0 bridgehead atoms. The van der Waals surface area contributed by atoms with Crippen molar-refractivity contribution >= 4 is 6.41 Å². The van der Waals surface area contributed by atoms with Crippen LogP contribution in [0.15, 0.2) is 18.2 Å². The van der Waals surface area contributed by atoms with E-state index < -0.39 is 11.6 Å². The summed E-state index contributed by atoms with van der Waals surface area (Å²) in [6.07, 6.45) is 3.66. The molecule has 79 valence electrons. The molecular formula is C11H10F2NO. The topological polar surface area (TPSA) is 20.3 Å². The number of halogens is 2. The lowest BCUT2D eigenvalue weighted by atomic mass is 10.2. The average molecular weight is 210 g/mol. The van der Waals surface area contributed by atoms with E-state index in [-0.39, 0.29) is 12.6 Å². The van der Waals surface area contributed by atoms with Crippen LogP contribution in [0.25, 0.3) is 0 Å². The quantitative estimate of drug-likeness (QED) is 0.696. The molecule has 1 aromatic rings. The van der Waals surface area contributed by atoms with Crippen LogP contribution in [0.1, 0.15) is 18.4 Å². The molecule has 0 spiro atoms. The second-order valence-electron chi connectivity index (χ2n) is 3.69. The Bertz CT molecular complexity index is 377. The van der Waals surface area contributed by atoms with Crippen molar-refractivity contribution in [2.45, 2.75) is 25.4 Å². The molecule has 2 rings (SSSR count). The van der Waals surface area contributed by atoms with Crippen LogP contribution in [-0.2, 0) is 11.3 Å². The molecule has 1 amide bonds. The summed E-state index contributed by atoms with van der Waals surface area (Å²) in [5.41, 5.74) is 0.326. The van der Waals surface area contributed by atoms with Crippen molar-refractivity contribution in [3.05, 3.63) is 35.4 Å². The van der Waals surface area contributed by atoms with Crippen molar-refractivity contribution in [1.82, 2.24) is 4.90 Å². The number of nitrogens with zero attached hydrogens (tertiary/aromatic N) is 1. The fraction of sp³-hybridized carbons (Fsp3) is 0.364. The first-order valence-electron chi connectivity index (χ1n) is 4.79. The van der Waals surface area contributed by atoms with Gasteiger partial charge in [-0.05, 0) is 18.9 Å². The number of amides is 1. The van der Waals surface area contributed by atoms with Gasteiger partial charge >= 0.3 is 6.41 Å². The summed E-state index contributed by atoms with van der Waals surface area (Å²) in [5, 5.41) is 0. The van der Waals surface area contributed by atoms with Crippen molar-refractivity contribution < 1.29 is 13.6 Å². The van der Waals surface area contributed by atoms with Crippen molar-refractivity contribution in [1.29, 1.82) is 0 Å². The molecule has 2 nitrogen and oxygen atoms in total. The molecule has 1 aromatic carbocycles. The molecular weight excluding hydrogens is 200 g/mol. The van der Waals surface area contributed by atoms with E-state index in [0.29, 0.717) is 5.56 Å². The Balaban J connectivity index is 2.11. The fourth-order valence-electron chi connectivity index (χ4n) is 1.46. The normalized spacial score (nSPS) is 15.1. The van der Waals surface area contributed by atoms with Gasteiger partial charge < -0.3 is 4.90 Å². The molecule has 0 aromatic heterocycles. The van der Waals surface area contributed by atoms with Gasteiger partial charge in [0.1, 0.15) is 11.6 Å². The Hall–Kier alpha value is -1.45. The lowest BCUT2D eigenvalue weighted by Crippen LogP contribution is -2.24. The molecule has 1 radical (unpaired) electrons. The molecule has 0 saturated heterocycles. The van der Waals surface area contributed by atoms with Crippen LogP contribution in [0.4, 0.5) is 8.78 Å². The zero-order chi connectivity index (χ0) is 10.8. The second kappa shape index (κ2) is 3.96. The first kappa shape index (κ1) is 10.1. The molecule has 4 heteroatoms. The predicted octanol–water partition coefficient (Wildman–Crippen LogP) is 2.00. The van der Waals surface area contributed by atoms with Gasteiger partial charge in [0.05, 0.1) is 0 Å². The highest BCUT2D eigenvalue weighted by Gasteiger charge is 2.29. The number of hydrogen-bond acceptors (Lipinski definition) is 1. The maximum atomic E-state index is 13.2. The minimum Gasteiger partial charge on any atom is -0.327 e. The van der Waals surface area contributed by atoms with Crippen LogP contribution >= 0.6 is 0 Å². The molecule has 1 saturated carbocycles. The minimum absolute atomic E-state index is 0.167. The van der Waals surface area contributed by atoms with Gasteiger partial charge in [-0.3, -0.25) is 4.79 Å². The second-order valence-corrected chi connectivity index (χ2v) is 3.69. The van der Waals surface area contributed by atoms with E-state index >= 15 is 0 Å². The fourth-order valence-corrected chi connectivity index (χ4v) is 1.46. The van der Waals surface area contributed by atoms with Gasteiger partial charge in [0, 0.05) is 24.2 Å². The number of hydrogen-bond donors (Lipinski definition) is 0. The summed E-state index contributed by atoms with van der Waals surface area (Å²) >= 11 is 0. The van der Waals surface area contributed by atoms with Gasteiger partial charge in [0.2, 0.25) is 0 Å². The van der Waals surface area contributed by atoms with E-state index in [1.807, 2.05) is 0 Å². The zero-order valence-electron chi connectivity index (χ0n) is 8.04. The third-order valence-electron chi connectivity index (χ3n) is 2.46. The van der Waals surface area contributed by atoms with Crippen LogP contribution in [0.3, 0.4) is 0 Å². The van der Waals surface area contributed by atoms with Crippen LogP contribution in [-0.4, -0.2) is 17.4 Å². The maximum absolute atomic E-state index is 13.2. The first-order chi connectivity index (χ1) is 7.20. The molecule has 15 heavy (non-hydrogen) atoms. The Morgan fingerprint density at radius 2 is 2.13 bits per heavy atom. The Morgan fingerprint density at radius 1 is 1.40 bits per heavy atom. The summed E-state index contributed by atoms with van der Waals surface area (Å²) in [6, 6.07) is 3.56. The summed E-state index contributed by atoms with van der Waals surface area (Å²) in [4.78, 5) is 12.0. The Kier molecular flexibility index (Phi) is 2.66. The minimum atomic E-state index is -0.615. The zero-order valence-corrected chi connectivity index (χ0v) is 8.04. The van der Waals surface area contributed by atoms with Crippen LogP contribution in [0, 0.1) is 11.6 Å². The van der Waals surface area contributed by atoms with E-state index in [0.717, 1.165) is 18.9 Å². The third kappa shape index (κ3) is 2.32. The highest BCUT2D eigenvalue weighted by atomic mass is 19.1. The smallest absolute Gasteiger partial charge is 0.312 e. The van der Waals surface area contributed by atoms with E-state index in [1.165, 1.54) is 17.0 Å². The Morgan fingerprint density at radius 3 is 2.67 bits per heavy atom. The summed E-state index contributed by atoms with van der Waals surface area (Å²) in [7, 11) is 0. The monoisotopic (exact) mass is 210 g/mol. The molecule has 1 fully saturated rings. The van der Waals surface area contributed by atoms with Crippen LogP contribution in [0.2, 0.25) is 0 Å². The van der Waals surface area contributed by atoms with Crippen molar-refractivity contribution in [3.8, 4) is 0 Å². The number of benzene rings is 1. The summed E-state index contributed by atoms with van der Waals surface area (Å²) in [5.74, 6) is -1.22. The van der Waals surface area contributed by atoms with Gasteiger partial charge in [-0.25, -0.2) is 8.78 Å². The van der Waals surface area contributed by atoms with Crippen molar-refractivity contribution in [2.24, 2.45) is 0 Å². The summed E-state index contributed by atoms with van der Waals surface area (Å²) in [6.45, 7) is 0.167. The van der Waals surface area contributed by atoms with Crippen LogP contribution < -0.4 is 0 Å². The summed E-state index contributed by atoms with van der Waals surface area (Å²) < 4.78 is 25.8. The number of rotatable bonds is 4. The van der Waals surface area contributed by atoms with E-state index in [9.17, 15) is 13.6 Å². The lowest BCUT2D eigenvalue weighted by molar-refractivity contribution is 0.359. The first-order valence-corrected chi connectivity index (χ1v) is 4.79. The molecule has 1 aliphatic carbocycles. The van der Waals surface area contributed by atoms with Gasteiger partial charge in [-0.2, -0.15) is 0 Å². The van der Waals surface area contributed by atoms with Crippen LogP contribution in [0.5, 0.6) is 0 Å². The van der Waals surface area contributed by atoms with Crippen molar-refractivity contribution in [2.75, 3.05) is 0 Å². The molecule has 0 unspecified atom stereocenters. The largest absolute Gasteiger partial charge is 0.327 e. The Labute approximate surface area is 86.5 Å². The van der Waals surface area contributed by atoms with Gasteiger partial charge in [-0.15, -0.1) is 0 Å². The predicted molar refractivity (Wildman–Crippen MR) is 50.6 cm³/mol. The van der Waals surface area contributed by atoms with Gasteiger partial charge in [-0.1, -0.05) is 6.07 Å². The molecule has 0 N–H and O–H groups in total. The SMILES string of the molecule is O=[C]N(Cc1ccc(F)cc1F)C1CC1. The standard InChI is InChI=1S/C11H10F2NO/c12-9-2-1-8(11(13)5-9)6-14(7-15)10-3-4-10/h1-2,5,10H,3-4,6H2. The van der Waals surface area contributed by atoms with Crippen molar-refractivity contribution in [3.63, 3.8) is 0 Å². The number of carbonyl (C=O) groups excluding carboxylic acids is 1. The highest BCUT2D eigenvalue weighted by molar-refractivity contribution is 5.50. The average Bonchev–Trinajstić information content (AvgIpc) is 3.00. The van der Waals surface area contributed by atoms with E-state index in [1.54, 1.807) is 6.41 Å². The highest BCUT2D eigenvalue weighted by Crippen LogP contribution is 2.27. The van der Waals surface area contributed by atoms with Gasteiger partial charge in [0.15, 0.2) is 0 Å². The van der Waals surface area contributed by atoms with E-state index in [2.05, 4.69) is 0 Å². The maximum Gasteiger partial charge on any atom is 0.312 e. The lowest BCUT2D eigenvalue weighted by Gasteiger charge is -2.15. The molecule has 0 atom stereocenters. The molecule has 1 aliphatic rings. The molecule has 0 aliphatic heterocycles. The molecule has 0 heterocycles. The van der Waals surface area contributed by atoms with Gasteiger partial charge in [0.25, 0.3) is 0 Å².